The third-order valence-electron chi connectivity index (χ3n) is 4.29. The zero-order valence-corrected chi connectivity index (χ0v) is 18.9. The van der Waals surface area contributed by atoms with Gasteiger partial charge in [0.1, 0.15) is 11.5 Å². The SMILES string of the molecule is COc1ccc(-c2scc(/C(C)=N/NC(=S)Nc3ccc(C(=O)O)c(Cl)c3)c2O)cc1. The van der Waals surface area contributed by atoms with Crippen molar-refractivity contribution in [1.82, 2.24) is 5.43 Å². The van der Waals surface area contributed by atoms with Gasteiger partial charge in [0.25, 0.3) is 0 Å². The van der Waals surface area contributed by atoms with E-state index in [2.05, 4.69) is 15.8 Å². The quantitative estimate of drug-likeness (QED) is 0.221. The minimum atomic E-state index is -1.11. The molecule has 1 heterocycles. The normalized spacial score (nSPS) is 11.1. The average Bonchev–Trinajstić information content (AvgIpc) is 3.13. The Balaban J connectivity index is 1.69. The van der Waals surface area contributed by atoms with E-state index in [-0.39, 0.29) is 21.4 Å². The number of halogens is 1. The van der Waals surface area contributed by atoms with Crippen molar-refractivity contribution in [2.24, 2.45) is 5.10 Å². The molecule has 0 saturated heterocycles. The minimum Gasteiger partial charge on any atom is -0.506 e. The monoisotopic (exact) mass is 475 g/mol. The molecule has 3 aromatic rings. The molecule has 0 radical (unpaired) electrons. The smallest absolute Gasteiger partial charge is 0.337 e. The van der Waals surface area contributed by atoms with Crippen LogP contribution in [0.5, 0.6) is 11.5 Å². The Bertz CT molecular complexity index is 1160. The van der Waals surface area contributed by atoms with Crippen molar-refractivity contribution in [2.45, 2.75) is 6.92 Å². The van der Waals surface area contributed by atoms with Crippen LogP contribution in [0.2, 0.25) is 5.02 Å². The number of aromatic carboxylic acids is 1. The molecule has 10 heteroatoms. The maximum Gasteiger partial charge on any atom is 0.337 e. The Labute approximate surface area is 193 Å². The molecule has 1 aromatic heterocycles. The number of hydrogen-bond donors (Lipinski definition) is 4. The van der Waals surface area contributed by atoms with Crippen molar-refractivity contribution in [3.63, 3.8) is 0 Å². The highest BCUT2D eigenvalue weighted by molar-refractivity contribution is 7.80. The number of thiocarbonyl (C=S) groups is 1. The van der Waals surface area contributed by atoms with Crippen LogP contribution in [-0.4, -0.2) is 34.1 Å². The predicted molar refractivity (Wildman–Crippen MR) is 128 cm³/mol. The second-order valence-electron chi connectivity index (χ2n) is 6.32. The first-order chi connectivity index (χ1) is 14.8. The van der Waals surface area contributed by atoms with Crippen LogP contribution in [-0.2, 0) is 0 Å². The van der Waals surface area contributed by atoms with Gasteiger partial charge in [0.05, 0.1) is 33.8 Å². The van der Waals surface area contributed by atoms with Crippen LogP contribution in [0.1, 0.15) is 22.8 Å². The van der Waals surface area contributed by atoms with Gasteiger partial charge in [0.2, 0.25) is 0 Å². The molecule has 0 aliphatic carbocycles. The number of nitrogens with zero attached hydrogens (tertiary/aromatic N) is 1. The van der Waals surface area contributed by atoms with E-state index in [1.807, 2.05) is 29.6 Å². The summed E-state index contributed by atoms with van der Waals surface area (Å²) >= 11 is 12.6. The van der Waals surface area contributed by atoms with Gasteiger partial charge < -0.3 is 20.3 Å². The summed E-state index contributed by atoms with van der Waals surface area (Å²) in [5, 5.41) is 28.9. The lowest BCUT2D eigenvalue weighted by Gasteiger charge is -2.09. The van der Waals surface area contributed by atoms with Gasteiger partial charge in [-0.05, 0) is 67.2 Å². The van der Waals surface area contributed by atoms with E-state index >= 15 is 0 Å². The molecule has 31 heavy (non-hydrogen) atoms. The molecule has 0 saturated carbocycles. The lowest BCUT2D eigenvalue weighted by Crippen LogP contribution is -2.25. The van der Waals surface area contributed by atoms with Gasteiger partial charge in [-0.15, -0.1) is 11.3 Å². The minimum absolute atomic E-state index is 0.000515. The fourth-order valence-electron chi connectivity index (χ4n) is 2.68. The molecule has 0 amide bonds. The number of carboxylic acids is 1. The molecule has 0 bridgehead atoms. The Morgan fingerprint density at radius 1 is 1.19 bits per heavy atom. The maximum atomic E-state index is 11.0. The lowest BCUT2D eigenvalue weighted by atomic mass is 10.1. The van der Waals surface area contributed by atoms with Crippen molar-refractivity contribution in [3.05, 3.63) is 64.0 Å². The third kappa shape index (κ3) is 5.32. The van der Waals surface area contributed by atoms with E-state index < -0.39 is 5.97 Å². The zero-order chi connectivity index (χ0) is 22.5. The van der Waals surface area contributed by atoms with E-state index in [0.717, 1.165) is 16.2 Å². The highest BCUT2D eigenvalue weighted by atomic mass is 35.5. The number of carbonyl (C=O) groups is 1. The summed E-state index contributed by atoms with van der Waals surface area (Å²) in [5.74, 6) is -0.239. The Kier molecular flexibility index (Phi) is 7.11. The number of thiophene rings is 1. The van der Waals surface area contributed by atoms with E-state index in [9.17, 15) is 9.90 Å². The number of nitrogens with one attached hydrogen (secondary N) is 2. The fourth-order valence-corrected chi connectivity index (χ4v) is 4.11. The molecule has 0 aliphatic heterocycles. The van der Waals surface area contributed by atoms with E-state index in [1.165, 1.54) is 23.5 Å². The first kappa shape index (κ1) is 22.5. The van der Waals surface area contributed by atoms with Gasteiger partial charge in [-0.3, -0.25) is 5.43 Å². The highest BCUT2D eigenvalue weighted by Crippen LogP contribution is 2.39. The molecule has 0 unspecified atom stereocenters. The number of ether oxygens (including phenoxy) is 1. The average molecular weight is 476 g/mol. The Morgan fingerprint density at radius 3 is 2.52 bits per heavy atom. The summed E-state index contributed by atoms with van der Waals surface area (Å²) in [4.78, 5) is 11.8. The maximum absolute atomic E-state index is 11.0. The van der Waals surface area contributed by atoms with Crippen LogP contribution in [0.15, 0.2) is 52.9 Å². The summed E-state index contributed by atoms with van der Waals surface area (Å²) in [6.45, 7) is 1.74. The number of hydrogen-bond acceptors (Lipinski definition) is 6. The van der Waals surface area contributed by atoms with Crippen LogP contribution in [0, 0.1) is 0 Å². The zero-order valence-electron chi connectivity index (χ0n) is 16.5. The molecule has 4 N–H and O–H groups in total. The van der Waals surface area contributed by atoms with Crippen LogP contribution in [0.25, 0.3) is 10.4 Å². The Morgan fingerprint density at radius 2 is 1.90 bits per heavy atom. The molecular formula is C21H18ClN3O4S2. The van der Waals surface area contributed by atoms with Gasteiger partial charge in [-0.2, -0.15) is 5.10 Å². The second-order valence-corrected chi connectivity index (χ2v) is 8.01. The summed E-state index contributed by atoms with van der Waals surface area (Å²) in [6.07, 6.45) is 0. The first-order valence-electron chi connectivity index (χ1n) is 8.89. The van der Waals surface area contributed by atoms with Gasteiger partial charge in [-0.25, -0.2) is 4.79 Å². The molecule has 0 aliphatic rings. The van der Waals surface area contributed by atoms with Crippen molar-refractivity contribution >= 4 is 57.6 Å². The molecular weight excluding hydrogens is 458 g/mol. The highest BCUT2D eigenvalue weighted by Gasteiger charge is 2.15. The summed E-state index contributed by atoms with van der Waals surface area (Å²) in [7, 11) is 1.60. The van der Waals surface area contributed by atoms with Crippen molar-refractivity contribution in [2.75, 3.05) is 12.4 Å². The summed E-state index contributed by atoms with van der Waals surface area (Å²) in [6, 6.07) is 11.8. The van der Waals surface area contributed by atoms with Gasteiger partial charge in [-0.1, -0.05) is 11.6 Å². The molecule has 7 nitrogen and oxygen atoms in total. The topological polar surface area (TPSA) is 103 Å². The van der Waals surface area contributed by atoms with Crippen LogP contribution < -0.4 is 15.5 Å². The van der Waals surface area contributed by atoms with Crippen LogP contribution in [0.3, 0.4) is 0 Å². The van der Waals surface area contributed by atoms with Crippen molar-refractivity contribution in [3.8, 4) is 21.9 Å². The molecule has 160 valence electrons. The predicted octanol–water partition coefficient (Wildman–Crippen LogP) is 5.19. The summed E-state index contributed by atoms with van der Waals surface area (Å²) in [5.41, 5.74) is 5.21. The molecule has 0 fully saturated rings. The first-order valence-corrected chi connectivity index (χ1v) is 10.6. The molecule has 2 aromatic carbocycles. The Hall–Kier alpha value is -3.14. The number of anilines is 1. The number of rotatable bonds is 6. The number of carboxylic acid groups (broad SMARTS) is 1. The third-order valence-corrected chi connectivity index (χ3v) is 5.81. The van der Waals surface area contributed by atoms with E-state index in [4.69, 9.17) is 33.7 Å². The number of aromatic hydroxyl groups is 1. The van der Waals surface area contributed by atoms with E-state index in [1.54, 1.807) is 20.1 Å². The molecule has 0 spiro atoms. The number of hydrazone groups is 1. The van der Waals surface area contributed by atoms with Crippen LogP contribution in [0.4, 0.5) is 5.69 Å². The second kappa shape index (κ2) is 9.78. The van der Waals surface area contributed by atoms with Crippen molar-refractivity contribution in [1.29, 1.82) is 0 Å². The number of methoxy groups -OCH3 is 1. The lowest BCUT2D eigenvalue weighted by molar-refractivity contribution is 0.0697. The van der Waals surface area contributed by atoms with Gasteiger partial charge in [0.15, 0.2) is 5.11 Å². The fraction of sp³-hybridized carbons (Fsp3) is 0.0952. The van der Waals surface area contributed by atoms with Crippen molar-refractivity contribution < 1.29 is 19.7 Å². The summed E-state index contributed by atoms with van der Waals surface area (Å²) < 4.78 is 5.16. The molecule has 3 rings (SSSR count). The van der Waals surface area contributed by atoms with Gasteiger partial charge >= 0.3 is 5.97 Å². The standard InChI is InChI=1S/C21H18ClN3O4S2/c1-11(16-10-31-19(18(16)26)12-3-6-14(29-2)7-4-12)24-25-21(30)23-13-5-8-15(20(27)28)17(22)9-13/h3-10,26H,1-2H3,(H,27,28)(H2,23,25,30)/b24-11+. The van der Waals surface area contributed by atoms with Crippen LogP contribution >= 0.6 is 35.2 Å². The largest absolute Gasteiger partial charge is 0.506 e. The number of benzene rings is 2. The molecule has 0 atom stereocenters. The van der Waals surface area contributed by atoms with Gasteiger partial charge in [0, 0.05) is 11.1 Å². The van der Waals surface area contributed by atoms with E-state index in [0.29, 0.717) is 17.0 Å².